The minimum absolute atomic E-state index is 0.0804. The van der Waals surface area contributed by atoms with Crippen LogP contribution in [0.15, 0.2) is 42.5 Å². The molecule has 1 N–H and O–H groups in total. The maximum atomic E-state index is 10.9. The largest absolute Gasteiger partial charge is 0.457 e. The molecule has 0 aliphatic rings. The van der Waals surface area contributed by atoms with Crippen LogP contribution in [0.4, 0.5) is 5.69 Å². The third kappa shape index (κ3) is 3.58. The fourth-order valence-corrected chi connectivity index (χ4v) is 1.75. The number of rotatable bonds is 3. The van der Waals surface area contributed by atoms with Crippen LogP contribution in [0, 0.1) is 13.8 Å². The maximum Gasteiger partial charge on any atom is 0.221 e. The second-order valence-electron chi connectivity index (χ2n) is 4.58. The van der Waals surface area contributed by atoms with Crippen LogP contribution in [0.5, 0.6) is 11.5 Å². The molecule has 0 aliphatic heterocycles. The Bertz CT molecular complexity index is 588. The molecule has 0 atom stereocenters. The summed E-state index contributed by atoms with van der Waals surface area (Å²) in [4.78, 5) is 10.9. The van der Waals surface area contributed by atoms with E-state index in [-0.39, 0.29) is 5.91 Å². The van der Waals surface area contributed by atoms with E-state index >= 15 is 0 Å². The first-order valence-electron chi connectivity index (χ1n) is 6.17. The smallest absolute Gasteiger partial charge is 0.221 e. The molecule has 2 aromatic carbocycles. The Labute approximate surface area is 113 Å². The summed E-state index contributed by atoms with van der Waals surface area (Å²) in [5.74, 6) is 1.53. The van der Waals surface area contributed by atoms with Gasteiger partial charge in [0.2, 0.25) is 5.91 Å². The average molecular weight is 255 g/mol. The number of hydrogen-bond acceptors (Lipinski definition) is 2. The minimum Gasteiger partial charge on any atom is -0.457 e. The summed E-state index contributed by atoms with van der Waals surface area (Å²) in [7, 11) is 0. The molecule has 3 nitrogen and oxygen atoms in total. The van der Waals surface area contributed by atoms with Crippen molar-refractivity contribution < 1.29 is 9.53 Å². The first-order chi connectivity index (χ1) is 9.04. The average Bonchev–Trinajstić information content (AvgIpc) is 2.35. The van der Waals surface area contributed by atoms with E-state index in [4.69, 9.17) is 4.74 Å². The molecule has 0 saturated carbocycles. The zero-order valence-electron chi connectivity index (χ0n) is 11.4. The van der Waals surface area contributed by atoms with Gasteiger partial charge >= 0.3 is 0 Å². The molecule has 0 spiro atoms. The molecule has 0 aromatic heterocycles. The van der Waals surface area contributed by atoms with Gasteiger partial charge in [-0.05, 0) is 55.3 Å². The third-order valence-corrected chi connectivity index (χ3v) is 2.75. The summed E-state index contributed by atoms with van der Waals surface area (Å²) < 4.78 is 5.84. The predicted octanol–water partition coefficient (Wildman–Crippen LogP) is 4.05. The molecule has 0 fully saturated rings. The van der Waals surface area contributed by atoms with Gasteiger partial charge in [0, 0.05) is 12.6 Å². The normalized spacial score (nSPS) is 10.1. The molecule has 0 aliphatic carbocycles. The maximum absolute atomic E-state index is 10.9. The monoisotopic (exact) mass is 255 g/mol. The van der Waals surface area contributed by atoms with Crippen LogP contribution in [0.25, 0.3) is 0 Å². The third-order valence-electron chi connectivity index (χ3n) is 2.75. The van der Waals surface area contributed by atoms with Crippen LogP contribution in [-0.2, 0) is 4.79 Å². The number of ether oxygens (including phenoxy) is 1. The lowest BCUT2D eigenvalue weighted by atomic mass is 10.1. The van der Waals surface area contributed by atoms with Crippen LogP contribution < -0.4 is 10.1 Å². The standard InChI is InChI=1S/C16H17NO2/c1-11-4-5-12(2)16(10-11)19-15-8-6-14(7-9-15)17-13(3)18/h4-10H,1-3H3,(H,17,18). The summed E-state index contributed by atoms with van der Waals surface area (Å²) >= 11 is 0. The van der Waals surface area contributed by atoms with E-state index < -0.39 is 0 Å². The van der Waals surface area contributed by atoms with Gasteiger partial charge in [-0.15, -0.1) is 0 Å². The summed E-state index contributed by atoms with van der Waals surface area (Å²) in [6.45, 7) is 5.53. The van der Waals surface area contributed by atoms with Gasteiger partial charge < -0.3 is 10.1 Å². The van der Waals surface area contributed by atoms with Gasteiger partial charge in [-0.25, -0.2) is 0 Å². The summed E-state index contributed by atoms with van der Waals surface area (Å²) in [5.41, 5.74) is 3.02. The van der Waals surface area contributed by atoms with Crippen LogP contribution in [-0.4, -0.2) is 5.91 Å². The van der Waals surface area contributed by atoms with Crippen molar-refractivity contribution in [2.45, 2.75) is 20.8 Å². The second-order valence-corrected chi connectivity index (χ2v) is 4.58. The lowest BCUT2D eigenvalue weighted by Crippen LogP contribution is -2.05. The molecule has 3 heteroatoms. The molecule has 0 saturated heterocycles. The Morgan fingerprint density at radius 3 is 2.37 bits per heavy atom. The zero-order chi connectivity index (χ0) is 13.8. The number of hydrogen-bond donors (Lipinski definition) is 1. The topological polar surface area (TPSA) is 38.3 Å². The van der Waals surface area contributed by atoms with Gasteiger partial charge in [0.05, 0.1) is 0 Å². The predicted molar refractivity (Wildman–Crippen MR) is 76.7 cm³/mol. The van der Waals surface area contributed by atoms with E-state index in [1.54, 1.807) is 0 Å². The number of carbonyl (C=O) groups excluding carboxylic acids is 1. The Morgan fingerprint density at radius 1 is 1.05 bits per heavy atom. The zero-order valence-corrected chi connectivity index (χ0v) is 11.4. The lowest BCUT2D eigenvalue weighted by molar-refractivity contribution is -0.114. The van der Waals surface area contributed by atoms with Crippen molar-refractivity contribution in [2.75, 3.05) is 5.32 Å². The molecular weight excluding hydrogens is 238 g/mol. The molecule has 0 unspecified atom stereocenters. The molecule has 2 rings (SSSR count). The van der Waals surface area contributed by atoms with E-state index in [1.165, 1.54) is 6.92 Å². The van der Waals surface area contributed by atoms with Gasteiger partial charge in [0.25, 0.3) is 0 Å². The molecule has 98 valence electrons. The van der Waals surface area contributed by atoms with Gasteiger partial charge in [0.1, 0.15) is 11.5 Å². The van der Waals surface area contributed by atoms with Crippen LogP contribution in [0.1, 0.15) is 18.1 Å². The lowest BCUT2D eigenvalue weighted by Gasteiger charge is -2.10. The molecule has 2 aromatic rings. The molecule has 0 radical (unpaired) electrons. The highest BCUT2D eigenvalue weighted by Crippen LogP contribution is 2.26. The van der Waals surface area contributed by atoms with Gasteiger partial charge in [-0.1, -0.05) is 12.1 Å². The Kier molecular flexibility index (Phi) is 3.85. The van der Waals surface area contributed by atoms with Gasteiger partial charge in [-0.3, -0.25) is 4.79 Å². The molecule has 1 amide bonds. The second kappa shape index (κ2) is 5.57. The number of aryl methyl sites for hydroxylation is 2. The van der Waals surface area contributed by atoms with Gasteiger partial charge in [0.15, 0.2) is 0 Å². The summed E-state index contributed by atoms with van der Waals surface area (Å²) in [5, 5.41) is 2.72. The van der Waals surface area contributed by atoms with Crippen molar-refractivity contribution in [3.05, 3.63) is 53.6 Å². The number of anilines is 1. The Hall–Kier alpha value is -2.29. The Morgan fingerprint density at radius 2 is 1.74 bits per heavy atom. The number of benzene rings is 2. The van der Waals surface area contributed by atoms with Gasteiger partial charge in [-0.2, -0.15) is 0 Å². The summed E-state index contributed by atoms with van der Waals surface area (Å²) in [6, 6.07) is 13.4. The fraction of sp³-hybridized carbons (Fsp3) is 0.188. The molecule has 0 bridgehead atoms. The quantitative estimate of drug-likeness (QED) is 0.898. The van der Waals surface area contributed by atoms with E-state index in [2.05, 4.69) is 11.4 Å². The highest BCUT2D eigenvalue weighted by Gasteiger charge is 2.02. The van der Waals surface area contributed by atoms with E-state index in [0.29, 0.717) is 0 Å². The summed E-state index contributed by atoms with van der Waals surface area (Å²) in [6.07, 6.45) is 0. The van der Waals surface area contributed by atoms with Crippen molar-refractivity contribution >= 4 is 11.6 Å². The van der Waals surface area contributed by atoms with E-state index in [9.17, 15) is 4.79 Å². The van der Waals surface area contributed by atoms with Crippen molar-refractivity contribution in [1.82, 2.24) is 0 Å². The number of carbonyl (C=O) groups is 1. The fourth-order valence-electron chi connectivity index (χ4n) is 1.75. The van der Waals surface area contributed by atoms with Crippen molar-refractivity contribution in [2.24, 2.45) is 0 Å². The van der Waals surface area contributed by atoms with E-state index in [0.717, 1.165) is 28.3 Å². The minimum atomic E-state index is -0.0804. The first-order valence-corrected chi connectivity index (χ1v) is 6.17. The van der Waals surface area contributed by atoms with Crippen LogP contribution in [0.2, 0.25) is 0 Å². The number of amides is 1. The van der Waals surface area contributed by atoms with Crippen molar-refractivity contribution in [3.8, 4) is 11.5 Å². The number of nitrogens with one attached hydrogen (secondary N) is 1. The van der Waals surface area contributed by atoms with Crippen LogP contribution >= 0.6 is 0 Å². The molecule has 0 heterocycles. The van der Waals surface area contributed by atoms with Crippen molar-refractivity contribution in [3.63, 3.8) is 0 Å². The van der Waals surface area contributed by atoms with E-state index in [1.807, 2.05) is 50.2 Å². The first kappa shape index (κ1) is 13.1. The SMILES string of the molecule is CC(=O)Nc1ccc(Oc2cc(C)ccc2C)cc1. The molecular formula is C16H17NO2. The Balaban J connectivity index is 2.15. The van der Waals surface area contributed by atoms with Crippen molar-refractivity contribution in [1.29, 1.82) is 0 Å². The highest BCUT2D eigenvalue weighted by molar-refractivity contribution is 5.88. The van der Waals surface area contributed by atoms with Crippen LogP contribution in [0.3, 0.4) is 0 Å². The molecule has 19 heavy (non-hydrogen) atoms. The highest BCUT2D eigenvalue weighted by atomic mass is 16.5.